The maximum atomic E-state index is 12.0. The zero-order valence-electron chi connectivity index (χ0n) is 20.1. The number of tetrazole rings is 1. The van der Waals surface area contributed by atoms with E-state index in [1.165, 1.54) is 12.7 Å². The third-order valence-electron chi connectivity index (χ3n) is 6.24. The van der Waals surface area contributed by atoms with E-state index in [0.717, 1.165) is 47.0 Å². The van der Waals surface area contributed by atoms with Gasteiger partial charge in [-0.1, -0.05) is 55.5 Å². The molecule has 2 aromatic carbocycles. The number of carbonyl (C=O) groups excluding carboxylic acids is 1. The van der Waals surface area contributed by atoms with Crippen LogP contribution in [0, 0.1) is 0 Å². The number of anilines is 1. The molecule has 2 aromatic heterocycles. The molecule has 0 saturated carbocycles. The fourth-order valence-electron chi connectivity index (χ4n) is 4.58. The van der Waals surface area contributed by atoms with Crippen LogP contribution in [0.5, 0.6) is 0 Å². The molecule has 0 atom stereocenters. The number of carbonyl (C=O) groups is 1. The van der Waals surface area contributed by atoms with Crippen molar-refractivity contribution in [3.8, 4) is 22.5 Å². The normalized spacial score (nSPS) is 13.6. The van der Waals surface area contributed by atoms with Crippen molar-refractivity contribution in [1.82, 2.24) is 35.1 Å². The molecule has 5 rings (SSSR count). The lowest BCUT2D eigenvalue weighted by atomic mass is 9.98. The summed E-state index contributed by atoms with van der Waals surface area (Å²) in [5, 5.41) is 14.5. The Morgan fingerprint density at radius 3 is 2.57 bits per heavy atom. The number of H-pyrrole nitrogens is 1. The van der Waals surface area contributed by atoms with Gasteiger partial charge < -0.3 is 14.2 Å². The number of rotatable bonds is 7. The molecule has 0 amide bonds. The topological polar surface area (TPSA) is 105 Å². The van der Waals surface area contributed by atoms with Crippen LogP contribution in [0.1, 0.15) is 24.0 Å². The van der Waals surface area contributed by atoms with E-state index in [1.54, 1.807) is 0 Å². The first kappa shape index (κ1) is 22.7. The molecule has 1 aliphatic heterocycles. The van der Waals surface area contributed by atoms with Crippen LogP contribution in [0.4, 0.5) is 5.82 Å². The third kappa shape index (κ3) is 4.52. The summed E-state index contributed by atoms with van der Waals surface area (Å²) in [7, 11) is 3.46. The predicted molar refractivity (Wildman–Crippen MR) is 131 cm³/mol. The average molecular weight is 473 g/mol. The molecule has 35 heavy (non-hydrogen) atoms. The van der Waals surface area contributed by atoms with Gasteiger partial charge in [0.25, 0.3) is 0 Å². The van der Waals surface area contributed by atoms with Gasteiger partial charge in [-0.25, -0.2) is 4.98 Å². The summed E-state index contributed by atoms with van der Waals surface area (Å²) in [5.74, 6) is 2.18. The van der Waals surface area contributed by atoms with Gasteiger partial charge in [0.1, 0.15) is 12.4 Å². The molecule has 0 spiro atoms. The highest BCUT2D eigenvalue weighted by Gasteiger charge is 2.28. The van der Waals surface area contributed by atoms with Gasteiger partial charge in [0.15, 0.2) is 5.82 Å². The zero-order valence-corrected chi connectivity index (χ0v) is 20.1. The number of hydrogen-bond donors (Lipinski definition) is 1. The van der Waals surface area contributed by atoms with E-state index < -0.39 is 0 Å². The number of methoxy groups -OCH3 is 1. The highest BCUT2D eigenvalue weighted by atomic mass is 16.5. The van der Waals surface area contributed by atoms with Crippen LogP contribution in [-0.4, -0.2) is 68.4 Å². The largest absolute Gasteiger partial charge is 0.468 e. The van der Waals surface area contributed by atoms with Crippen molar-refractivity contribution in [2.24, 2.45) is 0 Å². The van der Waals surface area contributed by atoms with Crippen molar-refractivity contribution < 1.29 is 9.53 Å². The van der Waals surface area contributed by atoms with Crippen molar-refractivity contribution >= 4 is 11.8 Å². The van der Waals surface area contributed by atoms with Crippen LogP contribution in [-0.2, 0) is 29.0 Å². The van der Waals surface area contributed by atoms with Crippen molar-refractivity contribution in [3.63, 3.8) is 0 Å². The summed E-state index contributed by atoms with van der Waals surface area (Å²) in [6.45, 7) is 4.41. The number of imidazole rings is 1. The predicted octanol–water partition coefficient (Wildman–Crippen LogP) is 2.72. The van der Waals surface area contributed by atoms with Crippen LogP contribution in [0.2, 0.25) is 0 Å². The molecule has 0 aliphatic carbocycles. The van der Waals surface area contributed by atoms with Gasteiger partial charge in [0.2, 0.25) is 5.82 Å². The fourth-order valence-corrected chi connectivity index (χ4v) is 4.58. The first-order chi connectivity index (χ1) is 17.1. The minimum absolute atomic E-state index is 0.183. The Labute approximate surface area is 203 Å². The number of aromatic nitrogens is 6. The molecule has 1 N–H and O–H groups in total. The smallest absolute Gasteiger partial charge is 0.325 e. The molecule has 0 saturated heterocycles. The Kier molecular flexibility index (Phi) is 6.28. The summed E-state index contributed by atoms with van der Waals surface area (Å²) < 4.78 is 7.17. The molecular formula is C25H28N8O2. The Hall–Kier alpha value is -4.05. The Balaban J connectivity index is 1.44. The van der Waals surface area contributed by atoms with E-state index in [4.69, 9.17) is 9.72 Å². The average Bonchev–Trinajstić information content (AvgIpc) is 3.53. The lowest BCUT2D eigenvalue weighted by Crippen LogP contribution is -2.43. The van der Waals surface area contributed by atoms with Gasteiger partial charge in [-0.15, -0.1) is 10.2 Å². The van der Waals surface area contributed by atoms with Gasteiger partial charge >= 0.3 is 5.97 Å². The summed E-state index contributed by atoms with van der Waals surface area (Å²) in [4.78, 5) is 21.0. The second-order valence-electron chi connectivity index (χ2n) is 8.65. The van der Waals surface area contributed by atoms with Crippen LogP contribution >= 0.6 is 0 Å². The van der Waals surface area contributed by atoms with E-state index in [2.05, 4.69) is 67.3 Å². The van der Waals surface area contributed by atoms with Gasteiger partial charge in [0, 0.05) is 25.1 Å². The first-order valence-electron chi connectivity index (χ1n) is 11.6. The molecule has 10 nitrogen and oxygen atoms in total. The Morgan fingerprint density at radius 1 is 1.11 bits per heavy atom. The number of benzene rings is 2. The minimum atomic E-state index is -0.268. The van der Waals surface area contributed by atoms with Gasteiger partial charge in [-0.05, 0) is 29.0 Å². The highest BCUT2D eigenvalue weighted by Crippen LogP contribution is 2.31. The summed E-state index contributed by atoms with van der Waals surface area (Å²) in [5.41, 5.74) is 5.36. The number of nitrogens with zero attached hydrogens (tertiary/aromatic N) is 7. The summed E-state index contributed by atoms with van der Waals surface area (Å²) in [6, 6.07) is 16.6. The number of hydrogen-bond acceptors (Lipinski definition) is 8. The van der Waals surface area contributed by atoms with E-state index in [0.29, 0.717) is 19.0 Å². The van der Waals surface area contributed by atoms with E-state index in [-0.39, 0.29) is 12.5 Å². The van der Waals surface area contributed by atoms with E-state index in [9.17, 15) is 4.79 Å². The highest BCUT2D eigenvalue weighted by molar-refractivity contribution is 5.80. The van der Waals surface area contributed by atoms with Crippen LogP contribution in [0.3, 0.4) is 0 Å². The van der Waals surface area contributed by atoms with Crippen molar-refractivity contribution in [2.45, 2.75) is 26.4 Å². The first-order valence-corrected chi connectivity index (χ1v) is 11.6. The van der Waals surface area contributed by atoms with Crippen molar-refractivity contribution in [1.29, 1.82) is 0 Å². The molecule has 0 radical (unpaired) electrons. The zero-order chi connectivity index (χ0) is 24.4. The van der Waals surface area contributed by atoms with Gasteiger partial charge in [-0.3, -0.25) is 9.69 Å². The molecule has 10 heteroatoms. The third-order valence-corrected chi connectivity index (χ3v) is 6.24. The quantitative estimate of drug-likeness (QED) is 0.410. The number of fused-ring (bicyclic) bond motifs is 1. The van der Waals surface area contributed by atoms with Crippen LogP contribution in [0.15, 0.2) is 48.5 Å². The molecular weight excluding hydrogens is 444 g/mol. The Bertz CT molecular complexity index is 1310. The molecule has 0 bridgehead atoms. The monoisotopic (exact) mass is 472 g/mol. The van der Waals surface area contributed by atoms with Crippen LogP contribution < -0.4 is 4.90 Å². The van der Waals surface area contributed by atoms with E-state index >= 15 is 0 Å². The molecule has 0 unspecified atom stereocenters. The number of nitrogens with one attached hydrogen (secondary N) is 1. The Morgan fingerprint density at radius 2 is 1.89 bits per heavy atom. The van der Waals surface area contributed by atoms with Gasteiger partial charge in [0.05, 0.1) is 19.5 Å². The minimum Gasteiger partial charge on any atom is -0.468 e. The lowest BCUT2D eigenvalue weighted by molar-refractivity contribution is -0.139. The lowest BCUT2D eigenvalue weighted by Gasteiger charge is -2.33. The number of aromatic amines is 1. The van der Waals surface area contributed by atoms with Gasteiger partial charge in [-0.2, -0.15) is 5.21 Å². The van der Waals surface area contributed by atoms with Crippen molar-refractivity contribution in [2.75, 3.05) is 32.3 Å². The second kappa shape index (κ2) is 9.67. The molecule has 3 heterocycles. The molecule has 0 fully saturated rings. The van der Waals surface area contributed by atoms with Crippen LogP contribution in [0.25, 0.3) is 22.5 Å². The summed E-state index contributed by atoms with van der Waals surface area (Å²) in [6.07, 6.45) is 0.805. The number of aryl methyl sites for hydroxylation is 1. The van der Waals surface area contributed by atoms with E-state index in [1.807, 2.05) is 30.1 Å². The molecule has 180 valence electrons. The maximum absolute atomic E-state index is 12.0. The molecule has 1 aliphatic rings. The standard InChI is InChI=1S/C25H28N8O2/c1-4-22-26-25-21(14-31(2)16-32(25)15-23(34)35-3)33(22)13-17-9-11-18(12-10-17)19-7-5-6-8-20(19)24-27-29-30-28-24/h5-12H,4,13-16H2,1-3H3,(H,27,28,29,30). The second-order valence-corrected chi connectivity index (χ2v) is 8.65. The fraction of sp³-hybridized carbons (Fsp3) is 0.320. The SMILES string of the molecule is CCc1nc2c(n1Cc1ccc(-c3ccccc3-c3nn[nH]n3)cc1)CN(C)CN2CC(=O)OC. The maximum Gasteiger partial charge on any atom is 0.325 e. The summed E-state index contributed by atoms with van der Waals surface area (Å²) >= 11 is 0. The van der Waals surface area contributed by atoms with Crippen molar-refractivity contribution in [3.05, 3.63) is 65.6 Å². The molecule has 4 aromatic rings. The number of ether oxygens (including phenoxy) is 1. The number of esters is 1.